The molecule has 0 spiro atoms. The van der Waals surface area contributed by atoms with Gasteiger partial charge in [-0.25, -0.2) is 0 Å². The van der Waals surface area contributed by atoms with Gasteiger partial charge < -0.3 is 14.8 Å². The first kappa shape index (κ1) is 16.9. The Labute approximate surface area is 119 Å². The highest BCUT2D eigenvalue weighted by Gasteiger charge is 2.24. The smallest absolute Gasteiger partial charge is 0.0604 e. The molecule has 1 rings (SSSR count). The molecule has 1 fully saturated rings. The number of hydrogen-bond donors (Lipinski definition) is 1. The molecule has 2 unspecified atom stereocenters. The van der Waals surface area contributed by atoms with Crippen molar-refractivity contribution >= 4 is 0 Å². The Morgan fingerprint density at radius 1 is 1.11 bits per heavy atom. The van der Waals surface area contributed by atoms with Crippen LogP contribution in [-0.4, -0.2) is 39.0 Å². The van der Waals surface area contributed by atoms with E-state index in [1.54, 1.807) is 0 Å². The van der Waals surface area contributed by atoms with Crippen molar-refractivity contribution in [2.24, 2.45) is 5.92 Å². The van der Waals surface area contributed by atoms with Crippen molar-refractivity contribution < 1.29 is 9.47 Å². The molecule has 1 N–H and O–H groups in total. The van der Waals surface area contributed by atoms with Crippen molar-refractivity contribution in [2.45, 2.75) is 71.0 Å². The fraction of sp³-hybridized carbons (Fsp3) is 1.00. The Morgan fingerprint density at radius 3 is 2.63 bits per heavy atom. The van der Waals surface area contributed by atoms with Crippen LogP contribution in [0.4, 0.5) is 0 Å². The zero-order chi connectivity index (χ0) is 13.9. The van der Waals surface area contributed by atoms with Gasteiger partial charge in [-0.2, -0.15) is 0 Å². The van der Waals surface area contributed by atoms with E-state index in [9.17, 15) is 0 Å². The molecule has 0 saturated heterocycles. The van der Waals surface area contributed by atoms with Crippen LogP contribution in [0.1, 0.15) is 58.8 Å². The zero-order valence-corrected chi connectivity index (χ0v) is 13.1. The molecule has 1 saturated carbocycles. The van der Waals surface area contributed by atoms with Gasteiger partial charge in [-0.3, -0.25) is 0 Å². The number of rotatable bonds is 9. The molecule has 1 aliphatic carbocycles. The standard InChI is InChI=1S/C16H33NO2/c1-14(2)18-13-10-15-8-5-4-6-9-16(15)19-12-7-11-17-3/h14-17H,4-13H2,1-3H3. The third-order valence-corrected chi connectivity index (χ3v) is 3.93. The predicted octanol–water partition coefficient (Wildman–Crippen LogP) is 3.38. The SMILES string of the molecule is CNCCCOC1CCCCCC1CCOC(C)C. The number of hydrogen-bond acceptors (Lipinski definition) is 3. The summed E-state index contributed by atoms with van der Waals surface area (Å²) in [5, 5.41) is 3.18. The molecule has 3 nitrogen and oxygen atoms in total. The number of ether oxygens (including phenoxy) is 2. The van der Waals surface area contributed by atoms with Crippen molar-refractivity contribution in [3.63, 3.8) is 0 Å². The largest absolute Gasteiger partial charge is 0.379 e. The molecular formula is C16H33NO2. The van der Waals surface area contributed by atoms with Gasteiger partial charge in [0, 0.05) is 13.2 Å². The third kappa shape index (κ3) is 7.91. The van der Waals surface area contributed by atoms with Gasteiger partial charge in [-0.15, -0.1) is 0 Å². The molecule has 0 amide bonds. The summed E-state index contributed by atoms with van der Waals surface area (Å²) in [6.45, 7) is 7.05. The van der Waals surface area contributed by atoms with Gasteiger partial charge in [-0.1, -0.05) is 19.3 Å². The summed E-state index contributed by atoms with van der Waals surface area (Å²) >= 11 is 0. The first-order chi connectivity index (χ1) is 9.24. The maximum absolute atomic E-state index is 6.14. The molecule has 114 valence electrons. The van der Waals surface area contributed by atoms with E-state index in [0.717, 1.165) is 32.6 Å². The van der Waals surface area contributed by atoms with Gasteiger partial charge in [0.1, 0.15) is 0 Å². The topological polar surface area (TPSA) is 30.5 Å². The maximum Gasteiger partial charge on any atom is 0.0604 e. The second-order valence-electron chi connectivity index (χ2n) is 5.97. The van der Waals surface area contributed by atoms with Gasteiger partial charge in [0.2, 0.25) is 0 Å². The molecular weight excluding hydrogens is 238 g/mol. The zero-order valence-electron chi connectivity index (χ0n) is 13.1. The quantitative estimate of drug-likeness (QED) is 0.515. The molecule has 1 aliphatic rings. The molecule has 19 heavy (non-hydrogen) atoms. The lowest BCUT2D eigenvalue weighted by Crippen LogP contribution is -2.26. The van der Waals surface area contributed by atoms with E-state index < -0.39 is 0 Å². The molecule has 0 aromatic heterocycles. The van der Waals surface area contributed by atoms with Crippen molar-refractivity contribution in [1.82, 2.24) is 5.32 Å². The maximum atomic E-state index is 6.14. The molecule has 0 aliphatic heterocycles. The average Bonchev–Trinajstić information content (AvgIpc) is 2.60. The van der Waals surface area contributed by atoms with E-state index in [0.29, 0.717) is 18.1 Å². The minimum atomic E-state index is 0.348. The normalized spacial score (nSPS) is 24.6. The van der Waals surface area contributed by atoms with Crippen LogP contribution in [0.15, 0.2) is 0 Å². The van der Waals surface area contributed by atoms with Crippen LogP contribution >= 0.6 is 0 Å². The second kappa shape index (κ2) is 10.6. The fourth-order valence-electron chi connectivity index (χ4n) is 2.84. The van der Waals surface area contributed by atoms with E-state index in [2.05, 4.69) is 19.2 Å². The highest BCUT2D eigenvalue weighted by atomic mass is 16.5. The summed E-state index contributed by atoms with van der Waals surface area (Å²) in [6.07, 6.45) is 9.72. The Balaban J connectivity index is 2.28. The van der Waals surface area contributed by atoms with E-state index in [1.807, 2.05) is 7.05 Å². The minimum Gasteiger partial charge on any atom is -0.379 e. The molecule has 0 radical (unpaired) electrons. The van der Waals surface area contributed by atoms with Crippen LogP contribution in [0.25, 0.3) is 0 Å². The Bertz CT molecular complexity index is 209. The van der Waals surface area contributed by atoms with Crippen molar-refractivity contribution in [1.29, 1.82) is 0 Å². The summed E-state index contributed by atoms with van der Waals surface area (Å²) in [6, 6.07) is 0. The lowest BCUT2D eigenvalue weighted by atomic mass is 9.94. The first-order valence-corrected chi connectivity index (χ1v) is 8.12. The first-order valence-electron chi connectivity index (χ1n) is 8.12. The van der Waals surface area contributed by atoms with Crippen LogP contribution in [0.2, 0.25) is 0 Å². The van der Waals surface area contributed by atoms with E-state index in [-0.39, 0.29) is 0 Å². The average molecular weight is 271 g/mol. The molecule has 3 heteroatoms. The number of nitrogens with one attached hydrogen (secondary N) is 1. The van der Waals surface area contributed by atoms with Crippen LogP contribution in [-0.2, 0) is 9.47 Å². The Morgan fingerprint density at radius 2 is 1.89 bits per heavy atom. The van der Waals surface area contributed by atoms with Crippen LogP contribution in [0, 0.1) is 5.92 Å². The molecule has 0 bridgehead atoms. The highest BCUT2D eigenvalue weighted by molar-refractivity contribution is 4.74. The van der Waals surface area contributed by atoms with Crippen molar-refractivity contribution in [3.05, 3.63) is 0 Å². The summed E-state index contributed by atoms with van der Waals surface area (Å²) in [7, 11) is 2.00. The lowest BCUT2D eigenvalue weighted by molar-refractivity contribution is -0.0110. The van der Waals surface area contributed by atoms with Crippen LogP contribution in [0.5, 0.6) is 0 Å². The van der Waals surface area contributed by atoms with Gasteiger partial charge >= 0.3 is 0 Å². The predicted molar refractivity (Wildman–Crippen MR) is 80.6 cm³/mol. The van der Waals surface area contributed by atoms with Gasteiger partial charge in [0.15, 0.2) is 0 Å². The second-order valence-corrected chi connectivity index (χ2v) is 5.97. The Hall–Kier alpha value is -0.120. The van der Waals surface area contributed by atoms with E-state index >= 15 is 0 Å². The third-order valence-electron chi connectivity index (χ3n) is 3.93. The summed E-state index contributed by atoms with van der Waals surface area (Å²) < 4.78 is 11.9. The fourth-order valence-corrected chi connectivity index (χ4v) is 2.84. The summed E-state index contributed by atoms with van der Waals surface area (Å²) in [4.78, 5) is 0. The molecule has 0 aromatic carbocycles. The molecule has 0 aromatic rings. The highest BCUT2D eigenvalue weighted by Crippen LogP contribution is 2.28. The summed E-state index contributed by atoms with van der Waals surface area (Å²) in [5.74, 6) is 0.704. The van der Waals surface area contributed by atoms with E-state index in [4.69, 9.17) is 9.47 Å². The van der Waals surface area contributed by atoms with Gasteiger partial charge in [0.25, 0.3) is 0 Å². The van der Waals surface area contributed by atoms with Crippen LogP contribution in [0.3, 0.4) is 0 Å². The van der Waals surface area contributed by atoms with E-state index in [1.165, 1.54) is 32.1 Å². The van der Waals surface area contributed by atoms with Crippen molar-refractivity contribution in [3.8, 4) is 0 Å². The molecule has 0 heterocycles. The Kier molecular flexibility index (Phi) is 9.48. The van der Waals surface area contributed by atoms with Gasteiger partial charge in [-0.05, 0) is 59.0 Å². The molecule has 2 atom stereocenters. The van der Waals surface area contributed by atoms with Crippen LogP contribution < -0.4 is 5.32 Å². The summed E-state index contributed by atoms with van der Waals surface area (Å²) in [5.41, 5.74) is 0. The monoisotopic (exact) mass is 271 g/mol. The minimum absolute atomic E-state index is 0.348. The van der Waals surface area contributed by atoms with Crippen molar-refractivity contribution in [2.75, 3.05) is 26.8 Å². The lowest BCUT2D eigenvalue weighted by Gasteiger charge is -2.26. The van der Waals surface area contributed by atoms with Gasteiger partial charge in [0.05, 0.1) is 12.2 Å².